The zero-order valence-corrected chi connectivity index (χ0v) is 21.1. The van der Waals surface area contributed by atoms with E-state index in [1.807, 2.05) is 19.2 Å². The number of aryl methyl sites for hydroxylation is 1. The highest BCUT2D eigenvalue weighted by Crippen LogP contribution is 2.29. The van der Waals surface area contributed by atoms with Crippen LogP contribution in [0.4, 0.5) is 10.2 Å². The van der Waals surface area contributed by atoms with Crippen LogP contribution in [0, 0.1) is 12.7 Å². The number of aromatic nitrogens is 6. The number of anilines is 1. The monoisotopic (exact) mass is 531 g/mol. The quantitative estimate of drug-likeness (QED) is 0.288. The molecule has 0 saturated heterocycles. The summed E-state index contributed by atoms with van der Waals surface area (Å²) >= 11 is 1.38. The summed E-state index contributed by atoms with van der Waals surface area (Å²) in [6.45, 7) is 5.09. The van der Waals surface area contributed by atoms with E-state index < -0.39 is 22.0 Å². The summed E-state index contributed by atoms with van der Waals surface area (Å²) in [5.74, 6) is -0.101. The van der Waals surface area contributed by atoms with Gasteiger partial charge in [0.1, 0.15) is 17.7 Å². The van der Waals surface area contributed by atoms with Gasteiger partial charge in [-0.05, 0) is 38.5 Å². The van der Waals surface area contributed by atoms with Crippen molar-refractivity contribution in [3.63, 3.8) is 0 Å². The molecule has 0 aliphatic heterocycles. The summed E-state index contributed by atoms with van der Waals surface area (Å²) in [6.07, 6.45) is 2.97. The number of hydrogen-bond acceptors (Lipinski definition) is 9. The zero-order chi connectivity index (χ0) is 26.0. The predicted molar refractivity (Wildman–Crippen MR) is 135 cm³/mol. The molecule has 0 unspecified atom stereocenters. The number of rotatable bonds is 5. The fraction of sp³-hybridized carbons (Fsp3) is 0.227. The van der Waals surface area contributed by atoms with Crippen molar-refractivity contribution in [2.45, 2.75) is 26.8 Å². The number of aromatic amines is 1. The minimum absolute atomic E-state index is 0.201. The van der Waals surface area contributed by atoms with Crippen molar-refractivity contribution in [1.82, 2.24) is 29.3 Å². The molecule has 0 aliphatic rings. The molecule has 0 saturated carbocycles. The maximum absolute atomic E-state index is 14.0. The lowest BCUT2D eigenvalue weighted by Crippen LogP contribution is -2.23. The maximum Gasteiger partial charge on any atom is 0.266 e. The lowest BCUT2D eigenvalue weighted by molar-refractivity contribution is 0.484. The SMILES string of the molecule is CCS(=O)(=O)O.Cc1csc2nc([C@H](C)Nc3ncnc4[nH]cnc34)c(-c3cccc(F)c3)c(=O)n12. The summed E-state index contributed by atoms with van der Waals surface area (Å²) in [5, 5.41) is 5.15. The van der Waals surface area contributed by atoms with Gasteiger partial charge in [-0.15, -0.1) is 11.3 Å². The molecule has 0 radical (unpaired) electrons. The number of benzene rings is 1. The lowest BCUT2D eigenvalue weighted by atomic mass is 10.0. The molecule has 4 heterocycles. The van der Waals surface area contributed by atoms with E-state index in [4.69, 9.17) is 9.54 Å². The van der Waals surface area contributed by atoms with E-state index in [1.54, 1.807) is 22.9 Å². The standard InChI is InChI=1S/C20H16FN7OS.C2H6O3S/c1-10-7-30-20-27-15(11(2)26-18-16-17(23-8-22-16)24-9-25-18)14(19(29)28(10)20)12-4-3-5-13(21)6-12;1-2-6(3,4)5/h3-9,11H,1-2H3,(H2,22,23,24,25,26);2H2,1H3,(H,3,4,5)/t11-;/m0./s1. The van der Waals surface area contributed by atoms with Crippen molar-refractivity contribution in [3.05, 3.63) is 69.9 Å². The third-order valence-corrected chi connectivity index (χ3v) is 6.90. The van der Waals surface area contributed by atoms with E-state index in [-0.39, 0.29) is 11.3 Å². The Balaban J connectivity index is 0.000000455. The normalized spacial score (nSPS) is 12.4. The van der Waals surface area contributed by atoms with E-state index in [2.05, 4.69) is 25.3 Å². The van der Waals surface area contributed by atoms with Crippen molar-refractivity contribution >= 4 is 43.4 Å². The highest BCUT2D eigenvalue weighted by atomic mass is 32.2. The Kier molecular flexibility index (Phi) is 7.10. The van der Waals surface area contributed by atoms with Crippen LogP contribution in [0.15, 0.2) is 47.1 Å². The van der Waals surface area contributed by atoms with Gasteiger partial charge in [0.15, 0.2) is 16.4 Å². The van der Waals surface area contributed by atoms with Crippen molar-refractivity contribution in [3.8, 4) is 11.1 Å². The van der Waals surface area contributed by atoms with Crippen LogP contribution < -0.4 is 10.9 Å². The Hall–Kier alpha value is -3.75. The van der Waals surface area contributed by atoms with E-state index in [9.17, 15) is 17.6 Å². The fourth-order valence-electron chi connectivity index (χ4n) is 3.47. The first kappa shape index (κ1) is 25.3. The maximum atomic E-state index is 14.0. The molecule has 1 aromatic carbocycles. The van der Waals surface area contributed by atoms with Crippen molar-refractivity contribution in [2.75, 3.05) is 11.1 Å². The molecule has 0 fully saturated rings. The second kappa shape index (κ2) is 10.1. The van der Waals surface area contributed by atoms with Gasteiger partial charge in [-0.1, -0.05) is 12.1 Å². The molecule has 5 rings (SSSR count). The number of halogens is 1. The topological polar surface area (TPSA) is 155 Å². The second-order valence-corrected chi connectivity index (χ2v) is 10.3. The molecule has 14 heteroatoms. The molecule has 36 heavy (non-hydrogen) atoms. The molecule has 1 atom stereocenters. The van der Waals surface area contributed by atoms with Gasteiger partial charge in [0.25, 0.3) is 15.7 Å². The number of thiazole rings is 1. The van der Waals surface area contributed by atoms with Gasteiger partial charge < -0.3 is 10.3 Å². The number of imidazole rings is 1. The van der Waals surface area contributed by atoms with Crippen LogP contribution in [0.1, 0.15) is 31.3 Å². The number of nitrogens with zero attached hydrogens (tertiary/aromatic N) is 5. The molecule has 188 valence electrons. The third-order valence-electron chi connectivity index (χ3n) is 5.23. The Morgan fingerprint density at radius 1 is 1.28 bits per heavy atom. The van der Waals surface area contributed by atoms with Crippen molar-refractivity contribution < 1.29 is 17.4 Å². The number of fused-ring (bicyclic) bond motifs is 2. The van der Waals surface area contributed by atoms with Crippen LogP contribution in [0.3, 0.4) is 0 Å². The van der Waals surface area contributed by atoms with Crippen LogP contribution in [0.2, 0.25) is 0 Å². The highest BCUT2D eigenvalue weighted by Gasteiger charge is 2.22. The average molecular weight is 532 g/mol. The average Bonchev–Trinajstić information content (AvgIpc) is 3.46. The van der Waals surface area contributed by atoms with Gasteiger partial charge in [-0.25, -0.2) is 24.3 Å². The van der Waals surface area contributed by atoms with Gasteiger partial charge in [-0.3, -0.25) is 13.7 Å². The Morgan fingerprint density at radius 2 is 2.03 bits per heavy atom. The van der Waals surface area contributed by atoms with Gasteiger partial charge in [0.05, 0.1) is 29.4 Å². The number of nitrogens with one attached hydrogen (secondary N) is 2. The van der Waals surface area contributed by atoms with E-state index >= 15 is 0 Å². The minimum atomic E-state index is -3.66. The van der Waals surface area contributed by atoms with Crippen molar-refractivity contribution in [2.24, 2.45) is 0 Å². The third kappa shape index (κ3) is 5.24. The van der Waals surface area contributed by atoms with Crippen LogP contribution in [-0.4, -0.2) is 48.0 Å². The summed E-state index contributed by atoms with van der Waals surface area (Å²) < 4.78 is 42.4. The van der Waals surface area contributed by atoms with Crippen LogP contribution >= 0.6 is 11.3 Å². The minimum Gasteiger partial charge on any atom is -0.360 e. The van der Waals surface area contributed by atoms with Crippen LogP contribution in [0.25, 0.3) is 27.3 Å². The molecular weight excluding hydrogens is 509 g/mol. The summed E-state index contributed by atoms with van der Waals surface area (Å²) in [5.41, 5.74) is 3.06. The zero-order valence-electron chi connectivity index (χ0n) is 19.4. The Bertz CT molecular complexity index is 1710. The first-order chi connectivity index (χ1) is 17.1. The molecule has 0 aliphatic carbocycles. The predicted octanol–water partition coefficient (Wildman–Crippen LogP) is 3.60. The summed E-state index contributed by atoms with van der Waals surface area (Å²) in [4.78, 5) is 34.3. The smallest absolute Gasteiger partial charge is 0.266 e. The fourth-order valence-corrected chi connectivity index (χ4v) is 4.34. The molecule has 0 amide bonds. The molecule has 3 N–H and O–H groups in total. The van der Waals surface area contributed by atoms with Gasteiger partial charge in [0.2, 0.25) is 0 Å². The number of hydrogen-bond donors (Lipinski definition) is 3. The molecule has 4 aromatic heterocycles. The lowest BCUT2D eigenvalue weighted by Gasteiger charge is -2.18. The molecule has 11 nitrogen and oxygen atoms in total. The van der Waals surface area contributed by atoms with Gasteiger partial charge in [0, 0.05) is 11.1 Å². The number of H-pyrrole nitrogens is 1. The van der Waals surface area contributed by atoms with Crippen LogP contribution in [0.5, 0.6) is 0 Å². The second-order valence-electron chi connectivity index (χ2n) is 7.74. The highest BCUT2D eigenvalue weighted by molar-refractivity contribution is 7.85. The first-order valence-corrected chi connectivity index (χ1v) is 13.2. The van der Waals surface area contributed by atoms with E-state index in [0.717, 1.165) is 5.69 Å². The van der Waals surface area contributed by atoms with E-state index in [1.165, 1.54) is 36.7 Å². The van der Waals surface area contributed by atoms with E-state index in [0.29, 0.717) is 38.8 Å². The largest absolute Gasteiger partial charge is 0.360 e. The molecular formula is C22H22FN7O4S2. The Labute approximate surface area is 208 Å². The molecule has 5 aromatic rings. The molecule has 0 bridgehead atoms. The van der Waals surface area contributed by atoms with Crippen LogP contribution in [-0.2, 0) is 10.1 Å². The first-order valence-electron chi connectivity index (χ1n) is 10.7. The Morgan fingerprint density at radius 3 is 2.72 bits per heavy atom. The molecule has 0 spiro atoms. The summed E-state index contributed by atoms with van der Waals surface area (Å²) in [6, 6.07) is 5.58. The van der Waals surface area contributed by atoms with Gasteiger partial charge in [-0.2, -0.15) is 8.42 Å². The van der Waals surface area contributed by atoms with Crippen molar-refractivity contribution in [1.29, 1.82) is 0 Å². The van der Waals surface area contributed by atoms with Gasteiger partial charge >= 0.3 is 0 Å². The summed E-state index contributed by atoms with van der Waals surface area (Å²) in [7, 11) is -3.66.